The maximum absolute atomic E-state index is 12.1. The Labute approximate surface area is 146 Å². The molecule has 2 N–H and O–H groups in total. The minimum atomic E-state index is -3.21. The molecule has 25 heavy (non-hydrogen) atoms. The van der Waals surface area contributed by atoms with Crippen LogP contribution in [0, 0.1) is 5.92 Å². The van der Waals surface area contributed by atoms with Gasteiger partial charge in [-0.1, -0.05) is 12.1 Å². The largest absolute Gasteiger partial charge is 0.484 e. The van der Waals surface area contributed by atoms with Crippen LogP contribution in [0.4, 0.5) is 0 Å². The van der Waals surface area contributed by atoms with Crippen molar-refractivity contribution >= 4 is 21.9 Å². The zero-order chi connectivity index (χ0) is 18.4. The minimum Gasteiger partial charge on any atom is -0.484 e. The SMILES string of the molecule is CS(=O)(=O)N1CCC(C(=O)OCc2cccc(OCC(N)=O)c2)CC1. The van der Waals surface area contributed by atoms with Crippen LogP contribution in [-0.2, 0) is 31.0 Å². The second-order valence-corrected chi connectivity index (χ2v) is 7.93. The van der Waals surface area contributed by atoms with E-state index in [1.54, 1.807) is 24.3 Å². The molecule has 0 saturated carbocycles. The van der Waals surface area contributed by atoms with Crippen LogP contribution in [0.5, 0.6) is 5.75 Å². The third-order valence-corrected chi connectivity index (χ3v) is 5.22. The highest BCUT2D eigenvalue weighted by Crippen LogP contribution is 2.21. The van der Waals surface area contributed by atoms with Crippen molar-refractivity contribution in [2.24, 2.45) is 11.7 Å². The molecule has 0 spiro atoms. The molecule has 2 rings (SSSR count). The Kier molecular flexibility index (Phi) is 6.38. The number of piperidine rings is 1. The summed E-state index contributed by atoms with van der Waals surface area (Å²) < 4.78 is 34.8. The lowest BCUT2D eigenvalue weighted by Gasteiger charge is -2.28. The molecule has 0 unspecified atom stereocenters. The smallest absolute Gasteiger partial charge is 0.309 e. The van der Waals surface area contributed by atoms with E-state index in [0.29, 0.717) is 31.7 Å². The molecule has 0 radical (unpaired) electrons. The number of rotatable bonds is 7. The number of nitrogens with zero attached hydrogens (tertiary/aromatic N) is 1. The molecular formula is C16H22N2O6S. The van der Waals surface area contributed by atoms with E-state index in [0.717, 1.165) is 5.56 Å². The van der Waals surface area contributed by atoms with Crippen molar-refractivity contribution in [2.75, 3.05) is 26.0 Å². The number of carbonyl (C=O) groups excluding carboxylic acids is 2. The van der Waals surface area contributed by atoms with Crippen molar-refractivity contribution in [3.05, 3.63) is 29.8 Å². The molecular weight excluding hydrogens is 348 g/mol. The normalized spacial score (nSPS) is 16.4. The number of hydrogen-bond donors (Lipinski definition) is 1. The second-order valence-electron chi connectivity index (χ2n) is 5.95. The average Bonchev–Trinajstić information content (AvgIpc) is 2.57. The van der Waals surface area contributed by atoms with E-state index >= 15 is 0 Å². The molecule has 1 fully saturated rings. The number of nitrogens with two attached hydrogens (primary N) is 1. The average molecular weight is 370 g/mol. The molecule has 1 amide bonds. The lowest BCUT2D eigenvalue weighted by Crippen LogP contribution is -2.40. The van der Waals surface area contributed by atoms with Crippen molar-refractivity contribution in [1.29, 1.82) is 0 Å². The third kappa shape index (κ3) is 6.02. The van der Waals surface area contributed by atoms with Gasteiger partial charge in [-0.15, -0.1) is 0 Å². The highest BCUT2D eigenvalue weighted by Gasteiger charge is 2.29. The quantitative estimate of drug-likeness (QED) is 0.689. The molecule has 0 bridgehead atoms. The Bertz CT molecular complexity index is 726. The molecule has 1 heterocycles. The van der Waals surface area contributed by atoms with Crippen LogP contribution in [-0.4, -0.2) is 50.6 Å². The van der Waals surface area contributed by atoms with E-state index in [9.17, 15) is 18.0 Å². The minimum absolute atomic E-state index is 0.0822. The van der Waals surface area contributed by atoms with Crippen LogP contribution < -0.4 is 10.5 Å². The van der Waals surface area contributed by atoms with E-state index in [1.807, 2.05) is 0 Å². The maximum atomic E-state index is 12.1. The first-order valence-electron chi connectivity index (χ1n) is 7.87. The van der Waals surface area contributed by atoms with E-state index < -0.39 is 15.9 Å². The van der Waals surface area contributed by atoms with Crippen LogP contribution in [0.15, 0.2) is 24.3 Å². The van der Waals surface area contributed by atoms with Crippen LogP contribution in [0.25, 0.3) is 0 Å². The molecule has 8 nitrogen and oxygen atoms in total. The van der Waals surface area contributed by atoms with Gasteiger partial charge in [0.25, 0.3) is 5.91 Å². The highest BCUT2D eigenvalue weighted by molar-refractivity contribution is 7.88. The molecule has 1 aromatic rings. The monoisotopic (exact) mass is 370 g/mol. The van der Waals surface area contributed by atoms with Gasteiger partial charge in [0.05, 0.1) is 12.2 Å². The Morgan fingerprint density at radius 1 is 1.28 bits per heavy atom. The topological polar surface area (TPSA) is 116 Å². The number of ether oxygens (including phenoxy) is 2. The van der Waals surface area contributed by atoms with Gasteiger partial charge in [-0.3, -0.25) is 9.59 Å². The number of sulfonamides is 1. The fourth-order valence-electron chi connectivity index (χ4n) is 2.57. The fourth-order valence-corrected chi connectivity index (χ4v) is 3.45. The molecule has 1 aliphatic heterocycles. The first-order valence-corrected chi connectivity index (χ1v) is 9.72. The Morgan fingerprint density at radius 2 is 1.96 bits per heavy atom. The summed E-state index contributed by atoms with van der Waals surface area (Å²) in [7, 11) is -3.21. The van der Waals surface area contributed by atoms with E-state index in [4.69, 9.17) is 15.2 Å². The third-order valence-electron chi connectivity index (χ3n) is 3.92. The highest BCUT2D eigenvalue weighted by atomic mass is 32.2. The summed E-state index contributed by atoms with van der Waals surface area (Å²) in [5, 5.41) is 0. The molecule has 138 valence electrons. The number of amides is 1. The van der Waals surface area contributed by atoms with Gasteiger partial charge < -0.3 is 15.2 Å². The van der Waals surface area contributed by atoms with Gasteiger partial charge >= 0.3 is 5.97 Å². The summed E-state index contributed by atoms with van der Waals surface area (Å²) in [6.45, 7) is 0.519. The first-order chi connectivity index (χ1) is 11.8. The summed E-state index contributed by atoms with van der Waals surface area (Å²) in [5.74, 6) is -0.741. The Hall–Kier alpha value is -2.13. The number of primary amides is 1. The van der Waals surface area contributed by atoms with Gasteiger partial charge in [-0.2, -0.15) is 0 Å². The van der Waals surface area contributed by atoms with Gasteiger partial charge in [0.15, 0.2) is 6.61 Å². The molecule has 1 aromatic carbocycles. The predicted molar refractivity (Wildman–Crippen MR) is 90.1 cm³/mol. The van der Waals surface area contributed by atoms with E-state index in [-0.39, 0.29) is 25.1 Å². The van der Waals surface area contributed by atoms with Crippen LogP contribution in [0.1, 0.15) is 18.4 Å². The lowest BCUT2D eigenvalue weighted by atomic mass is 9.98. The van der Waals surface area contributed by atoms with Gasteiger partial charge in [0, 0.05) is 13.1 Å². The van der Waals surface area contributed by atoms with Gasteiger partial charge in [0.1, 0.15) is 12.4 Å². The molecule has 1 saturated heterocycles. The van der Waals surface area contributed by atoms with Gasteiger partial charge in [0.2, 0.25) is 10.0 Å². The predicted octanol–water partition coefficient (Wildman–Crippen LogP) is 0.266. The van der Waals surface area contributed by atoms with Crippen LogP contribution >= 0.6 is 0 Å². The van der Waals surface area contributed by atoms with Crippen molar-refractivity contribution in [3.63, 3.8) is 0 Å². The number of carbonyl (C=O) groups is 2. The second kappa shape index (κ2) is 8.30. The molecule has 0 atom stereocenters. The summed E-state index contributed by atoms with van der Waals surface area (Å²) >= 11 is 0. The van der Waals surface area contributed by atoms with Gasteiger partial charge in [-0.25, -0.2) is 12.7 Å². The lowest BCUT2D eigenvalue weighted by molar-refractivity contribution is -0.151. The first kappa shape index (κ1) is 19.2. The zero-order valence-corrected chi connectivity index (χ0v) is 14.8. The van der Waals surface area contributed by atoms with E-state index in [2.05, 4.69) is 0 Å². The van der Waals surface area contributed by atoms with Crippen molar-refractivity contribution in [2.45, 2.75) is 19.4 Å². The van der Waals surface area contributed by atoms with Crippen molar-refractivity contribution in [3.8, 4) is 5.75 Å². The van der Waals surface area contributed by atoms with Crippen molar-refractivity contribution in [1.82, 2.24) is 4.31 Å². The zero-order valence-electron chi connectivity index (χ0n) is 14.0. The van der Waals surface area contributed by atoms with Crippen molar-refractivity contribution < 1.29 is 27.5 Å². The summed E-state index contributed by atoms with van der Waals surface area (Å²) in [5.41, 5.74) is 5.75. The Balaban J connectivity index is 1.82. The molecule has 9 heteroatoms. The number of hydrogen-bond acceptors (Lipinski definition) is 6. The number of benzene rings is 1. The number of esters is 1. The summed E-state index contributed by atoms with van der Waals surface area (Å²) in [6, 6.07) is 6.85. The standard InChI is InChI=1S/C16H22N2O6S/c1-25(21,22)18-7-5-13(6-8-18)16(20)24-10-12-3-2-4-14(9-12)23-11-15(17)19/h2-4,9,13H,5-8,10-11H2,1H3,(H2,17,19). The summed E-state index contributed by atoms with van der Waals surface area (Å²) in [6.07, 6.45) is 2.07. The molecule has 0 aliphatic carbocycles. The fraction of sp³-hybridized carbons (Fsp3) is 0.500. The molecule has 0 aromatic heterocycles. The van der Waals surface area contributed by atoms with Crippen LogP contribution in [0.3, 0.4) is 0 Å². The van der Waals surface area contributed by atoms with Gasteiger partial charge in [-0.05, 0) is 30.5 Å². The maximum Gasteiger partial charge on any atom is 0.309 e. The van der Waals surface area contributed by atoms with E-state index in [1.165, 1.54) is 10.6 Å². The summed E-state index contributed by atoms with van der Waals surface area (Å²) in [4.78, 5) is 22.9. The molecule has 1 aliphatic rings. The Morgan fingerprint density at radius 3 is 2.56 bits per heavy atom. The van der Waals surface area contributed by atoms with Crippen LogP contribution in [0.2, 0.25) is 0 Å².